The van der Waals surface area contributed by atoms with E-state index in [-0.39, 0.29) is 0 Å². The quantitative estimate of drug-likeness (QED) is 0.424. The molecule has 0 aliphatic carbocycles. The van der Waals surface area contributed by atoms with Crippen LogP contribution in [-0.2, 0) is 19.3 Å². The van der Waals surface area contributed by atoms with E-state index >= 15 is 0 Å². The van der Waals surface area contributed by atoms with Gasteiger partial charge in [-0.15, -0.1) is 11.3 Å². The van der Waals surface area contributed by atoms with Crippen molar-refractivity contribution in [2.24, 2.45) is 0 Å². The second kappa shape index (κ2) is 8.59. The summed E-state index contributed by atoms with van der Waals surface area (Å²) in [7, 11) is 0. The highest BCUT2D eigenvalue weighted by atomic mass is 32.1. The van der Waals surface area contributed by atoms with Gasteiger partial charge in [0.2, 0.25) is 0 Å². The van der Waals surface area contributed by atoms with Gasteiger partial charge in [0.25, 0.3) is 0 Å². The van der Waals surface area contributed by atoms with Crippen molar-refractivity contribution < 1.29 is 0 Å². The first-order valence-corrected chi connectivity index (χ1v) is 11.6. The van der Waals surface area contributed by atoms with Gasteiger partial charge in [0.1, 0.15) is 0 Å². The highest BCUT2D eigenvalue weighted by molar-refractivity contribution is 7.12. The van der Waals surface area contributed by atoms with Gasteiger partial charge in [0.05, 0.1) is 6.04 Å². The summed E-state index contributed by atoms with van der Waals surface area (Å²) in [4.78, 5) is 5.56. The molecule has 0 saturated carbocycles. The van der Waals surface area contributed by atoms with E-state index in [0.717, 1.165) is 37.9 Å². The minimum absolute atomic E-state index is 0.405. The zero-order valence-electron chi connectivity index (χ0n) is 17.9. The molecule has 2 aromatic carbocycles. The Kier molecular flexibility index (Phi) is 5.91. The largest absolute Gasteiger partial charge is 0.364 e. The predicted octanol–water partition coefficient (Wildman–Crippen LogP) is 7.13. The lowest BCUT2D eigenvalue weighted by atomic mass is 9.92. The molecule has 2 heterocycles. The van der Waals surface area contributed by atoms with Crippen molar-refractivity contribution >= 4 is 17.0 Å². The van der Waals surface area contributed by atoms with Crippen LogP contribution in [0.25, 0.3) is 5.70 Å². The Bertz CT molecular complexity index is 996. The first-order chi connectivity index (χ1) is 14.0. The van der Waals surface area contributed by atoms with Crippen molar-refractivity contribution in [1.29, 1.82) is 0 Å². The highest BCUT2D eigenvalue weighted by Crippen LogP contribution is 2.41. The molecule has 0 N–H and O–H groups in total. The van der Waals surface area contributed by atoms with E-state index < -0.39 is 0 Å². The third-order valence-corrected chi connectivity index (χ3v) is 7.24. The van der Waals surface area contributed by atoms with Crippen LogP contribution in [0.3, 0.4) is 0 Å². The Labute approximate surface area is 179 Å². The molecule has 1 aliphatic rings. The number of hydrogen-bond donors (Lipinski definition) is 0. The first-order valence-electron chi connectivity index (χ1n) is 10.7. The summed E-state index contributed by atoms with van der Waals surface area (Å²) in [6, 6.07) is 20.8. The first kappa shape index (κ1) is 20.0. The summed E-state index contributed by atoms with van der Waals surface area (Å²) in [5, 5.41) is 0. The summed E-state index contributed by atoms with van der Waals surface area (Å²) in [5.41, 5.74) is 8.07. The van der Waals surface area contributed by atoms with Gasteiger partial charge in [-0.05, 0) is 73.9 Å². The number of rotatable bonds is 6. The molecular formula is C27H31NS. The van der Waals surface area contributed by atoms with Gasteiger partial charge in [-0.3, -0.25) is 0 Å². The van der Waals surface area contributed by atoms with E-state index in [2.05, 4.69) is 86.8 Å². The Balaban J connectivity index is 1.60. The Hall–Kier alpha value is -2.32. The summed E-state index contributed by atoms with van der Waals surface area (Å²) >= 11 is 1.98. The lowest BCUT2D eigenvalue weighted by Crippen LogP contribution is -2.33. The number of benzene rings is 2. The maximum absolute atomic E-state index is 4.53. The minimum atomic E-state index is 0.405. The molecule has 150 valence electrons. The number of hydrogen-bond acceptors (Lipinski definition) is 2. The third kappa shape index (κ3) is 4.33. The van der Waals surface area contributed by atoms with Crippen LogP contribution < -0.4 is 0 Å². The standard InChI is InChI=1S/C27H31NS/c1-5-22-9-11-23(12-10-22)13-14-26-25-18-20(3)29-27(25)15-16-28(26)21(4)24-8-6-7-19(2)17-24/h6-12,17-18,26H,4-5,13-16H2,1-3H3. The topological polar surface area (TPSA) is 3.24 Å². The van der Waals surface area contributed by atoms with Crippen LogP contribution in [0.4, 0.5) is 0 Å². The molecule has 0 bridgehead atoms. The molecule has 0 saturated heterocycles. The van der Waals surface area contributed by atoms with Crippen molar-refractivity contribution in [3.63, 3.8) is 0 Å². The number of thiophene rings is 1. The zero-order chi connectivity index (χ0) is 20.4. The van der Waals surface area contributed by atoms with E-state index in [9.17, 15) is 0 Å². The fourth-order valence-corrected chi connectivity index (χ4v) is 5.56. The van der Waals surface area contributed by atoms with E-state index in [4.69, 9.17) is 0 Å². The molecule has 3 aromatic rings. The molecule has 1 aliphatic heterocycles. The molecule has 2 heteroatoms. The van der Waals surface area contributed by atoms with Crippen molar-refractivity contribution in [3.8, 4) is 0 Å². The van der Waals surface area contributed by atoms with Crippen LogP contribution in [0.15, 0.2) is 61.2 Å². The molecule has 1 unspecified atom stereocenters. The Morgan fingerprint density at radius 2 is 1.83 bits per heavy atom. The number of nitrogens with zero attached hydrogens (tertiary/aromatic N) is 1. The smallest absolute Gasteiger partial charge is 0.0556 e. The average Bonchev–Trinajstić information content (AvgIpc) is 3.12. The molecule has 1 nitrogen and oxygen atoms in total. The van der Waals surface area contributed by atoms with Crippen LogP contribution in [0.1, 0.15) is 57.0 Å². The van der Waals surface area contributed by atoms with Gasteiger partial charge in [0.15, 0.2) is 0 Å². The van der Waals surface area contributed by atoms with E-state index in [1.165, 1.54) is 32.7 Å². The Morgan fingerprint density at radius 1 is 1.07 bits per heavy atom. The van der Waals surface area contributed by atoms with Gasteiger partial charge < -0.3 is 4.90 Å². The van der Waals surface area contributed by atoms with Gasteiger partial charge in [-0.2, -0.15) is 0 Å². The Morgan fingerprint density at radius 3 is 2.55 bits per heavy atom. The maximum Gasteiger partial charge on any atom is 0.0556 e. The molecule has 29 heavy (non-hydrogen) atoms. The molecule has 0 amide bonds. The predicted molar refractivity (Wildman–Crippen MR) is 127 cm³/mol. The van der Waals surface area contributed by atoms with E-state index in [1.54, 1.807) is 4.88 Å². The highest BCUT2D eigenvalue weighted by Gasteiger charge is 2.30. The summed E-state index contributed by atoms with van der Waals surface area (Å²) in [6.07, 6.45) is 4.45. The maximum atomic E-state index is 4.53. The number of aryl methyl sites for hydroxylation is 4. The molecule has 0 fully saturated rings. The fraction of sp³-hybridized carbons (Fsp3) is 0.333. The van der Waals surface area contributed by atoms with Crippen LogP contribution >= 0.6 is 11.3 Å². The van der Waals surface area contributed by atoms with Crippen molar-refractivity contribution in [3.05, 3.63) is 98.7 Å². The monoisotopic (exact) mass is 401 g/mol. The van der Waals surface area contributed by atoms with Crippen molar-refractivity contribution in [2.75, 3.05) is 6.54 Å². The average molecular weight is 402 g/mol. The molecular weight excluding hydrogens is 370 g/mol. The lowest BCUT2D eigenvalue weighted by Gasteiger charge is -2.39. The van der Waals surface area contributed by atoms with Crippen LogP contribution in [0, 0.1) is 13.8 Å². The van der Waals surface area contributed by atoms with Gasteiger partial charge in [0, 0.05) is 22.0 Å². The molecule has 1 aromatic heterocycles. The van der Waals surface area contributed by atoms with Crippen LogP contribution in [0.5, 0.6) is 0 Å². The van der Waals surface area contributed by atoms with Gasteiger partial charge in [-0.1, -0.05) is 61.5 Å². The van der Waals surface area contributed by atoms with Crippen LogP contribution in [0.2, 0.25) is 0 Å². The molecule has 4 rings (SSSR count). The minimum Gasteiger partial charge on any atom is -0.364 e. The van der Waals surface area contributed by atoms with Crippen molar-refractivity contribution in [1.82, 2.24) is 4.90 Å². The van der Waals surface area contributed by atoms with E-state index in [0.29, 0.717) is 6.04 Å². The SMILES string of the molecule is C=C(c1cccc(C)c1)N1CCc2sc(C)cc2C1CCc1ccc(CC)cc1. The summed E-state index contributed by atoms with van der Waals surface area (Å²) < 4.78 is 0. The molecule has 0 radical (unpaired) electrons. The lowest BCUT2D eigenvalue weighted by molar-refractivity contribution is 0.270. The molecule has 1 atom stereocenters. The number of fused-ring (bicyclic) bond motifs is 1. The second-order valence-corrected chi connectivity index (χ2v) is 9.56. The normalized spacial score (nSPS) is 16.0. The zero-order valence-corrected chi connectivity index (χ0v) is 18.7. The van der Waals surface area contributed by atoms with Gasteiger partial charge >= 0.3 is 0 Å². The fourth-order valence-electron chi connectivity index (χ4n) is 4.48. The third-order valence-electron chi connectivity index (χ3n) is 6.12. The van der Waals surface area contributed by atoms with Crippen LogP contribution in [-0.4, -0.2) is 11.4 Å². The molecule has 0 spiro atoms. The summed E-state index contributed by atoms with van der Waals surface area (Å²) in [6.45, 7) is 12.2. The van der Waals surface area contributed by atoms with Crippen molar-refractivity contribution in [2.45, 2.75) is 52.5 Å². The second-order valence-electron chi connectivity index (χ2n) is 8.22. The summed E-state index contributed by atoms with van der Waals surface area (Å²) in [5.74, 6) is 0. The van der Waals surface area contributed by atoms with Gasteiger partial charge in [-0.25, -0.2) is 0 Å². The van der Waals surface area contributed by atoms with E-state index in [1.807, 2.05) is 11.3 Å².